The predicted molar refractivity (Wildman–Crippen MR) is 151 cm³/mol. The maximum absolute atomic E-state index is 12.4. The van der Waals surface area contributed by atoms with E-state index in [1.165, 1.54) is 34.9 Å². The van der Waals surface area contributed by atoms with Crippen LogP contribution in [0.1, 0.15) is 25.0 Å². The molecule has 2 aromatic carbocycles. The van der Waals surface area contributed by atoms with Gasteiger partial charge < -0.3 is 15.5 Å². The summed E-state index contributed by atoms with van der Waals surface area (Å²) in [6, 6.07) is 11.5. The molecule has 2 N–H and O–H groups in total. The highest BCUT2D eigenvalue weighted by Crippen LogP contribution is 2.31. The molecule has 2 amide bonds. The van der Waals surface area contributed by atoms with Crippen molar-refractivity contribution < 1.29 is 9.59 Å². The number of thiocarbonyl (C=S) groups is 1. The van der Waals surface area contributed by atoms with Crippen molar-refractivity contribution in [2.75, 3.05) is 35.2 Å². The number of thioether (sulfide) groups is 2. The Labute approximate surface area is 218 Å². The van der Waals surface area contributed by atoms with Crippen LogP contribution in [0.3, 0.4) is 0 Å². The van der Waals surface area contributed by atoms with Crippen molar-refractivity contribution >= 4 is 84.8 Å². The standard InChI is InChI=1S/C24H28N4O2S4/c1-5-28(6-2)24(31)33-14-21(29)25-17-10-11-19-20(12-17)34-23(27-19)32-13-22(30)26-18-9-7-8-15(3)16(18)4/h7-12H,5-6,13-14H2,1-4H3,(H,25,29)(H,26,30). The predicted octanol–water partition coefficient (Wildman–Crippen LogP) is 5.94. The van der Waals surface area contributed by atoms with Crippen LogP contribution in [0.5, 0.6) is 0 Å². The third kappa shape index (κ3) is 7.18. The van der Waals surface area contributed by atoms with Crippen LogP contribution in [0.15, 0.2) is 40.7 Å². The highest BCUT2D eigenvalue weighted by Gasteiger charge is 2.12. The van der Waals surface area contributed by atoms with E-state index in [0.717, 1.165) is 54.5 Å². The number of hydrogen-bond acceptors (Lipinski definition) is 7. The third-order valence-corrected chi connectivity index (χ3v) is 8.89. The number of carbonyl (C=O) groups is 2. The Balaban J connectivity index is 1.54. The minimum atomic E-state index is -0.0962. The fourth-order valence-electron chi connectivity index (χ4n) is 3.14. The smallest absolute Gasteiger partial charge is 0.234 e. The van der Waals surface area contributed by atoms with Gasteiger partial charge in [-0.15, -0.1) is 11.3 Å². The van der Waals surface area contributed by atoms with E-state index < -0.39 is 0 Å². The van der Waals surface area contributed by atoms with E-state index in [0.29, 0.717) is 0 Å². The lowest BCUT2D eigenvalue weighted by molar-refractivity contribution is -0.114. The van der Waals surface area contributed by atoms with E-state index in [9.17, 15) is 9.59 Å². The monoisotopic (exact) mass is 532 g/mol. The zero-order valence-corrected chi connectivity index (χ0v) is 22.9. The number of rotatable bonds is 9. The molecule has 180 valence electrons. The summed E-state index contributed by atoms with van der Waals surface area (Å²) in [5.74, 6) is 0.389. The van der Waals surface area contributed by atoms with Gasteiger partial charge in [0.25, 0.3) is 0 Å². The van der Waals surface area contributed by atoms with Gasteiger partial charge in [-0.05, 0) is 63.1 Å². The molecule has 0 spiro atoms. The first-order chi connectivity index (χ1) is 16.3. The molecule has 0 aliphatic heterocycles. The lowest BCUT2D eigenvalue weighted by atomic mass is 10.1. The van der Waals surface area contributed by atoms with Crippen LogP contribution in [-0.2, 0) is 9.59 Å². The van der Waals surface area contributed by atoms with E-state index >= 15 is 0 Å². The lowest BCUT2D eigenvalue weighted by Gasteiger charge is -2.20. The molecule has 0 saturated heterocycles. The second kappa shape index (κ2) is 12.5. The average molecular weight is 533 g/mol. The first-order valence-corrected chi connectivity index (χ1v) is 14.1. The summed E-state index contributed by atoms with van der Waals surface area (Å²) < 4.78 is 2.51. The Hall–Kier alpha value is -2.14. The molecule has 0 atom stereocenters. The van der Waals surface area contributed by atoms with Crippen molar-refractivity contribution in [3.63, 3.8) is 0 Å². The van der Waals surface area contributed by atoms with Crippen molar-refractivity contribution in [2.45, 2.75) is 32.0 Å². The number of thiazole rings is 1. The van der Waals surface area contributed by atoms with Crippen LogP contribution in [0, 0.1) is 13.8 Å². The molecule has 0 unspecified atom stereocenters. The quantitative estimate of drug-likeness (QED) is 0.261. The minimum absolute atomic E-state index is 0.0639. The van der Waals surface area contributed by atoms with Crippen molar-refractivity contribution in [1.29, 1.82) is 0 Å². The molecular formula is C24H28N4O2S4. The van der Waals surface area contributed by atoms with Crippen LogP contribution in [0.4, 0.5) is 11.4 Å². The summed E-state index contributed by atoms with van der Waals surface area (Å²) in [5, 5.41) is 5.91. The molecule has 34 heavy (non-hydrogen) atoms. The highest BCUT2D eigenvalue weighted by atomic mass is 32.2. The van der Waals surface area contributed by atoms with Gasteiger partial charge in [-0.1, -0.05) is 47.9 Å². The Morgan fingerprint density at radius 1 is 1.06 bits per heavy atom. The average Bonchev–Trinajstić information content (AvgIpc) is 3.22. The van der Waals surface area contributed by atoms with Crippen molar-refractivity contribution in [3.8, 4) is 0 Å². The van der Waals surface area contributed by atoms with Crippen molar-refractivity contribution in [1.82, 2.24) is 9.88 Å². The normalized spacial score (nSPS) is 10.8. The molecule has 6 nitrogen and oxygen atoms in total. The Bertz CT molecular complexity index is 1190. The first-order valence-electron chi connectivity index (χ1n) is 10.9. The summed E-state index contributed by atoms with van der Waals surface area (Å²) in [6.45, 7) is 9.78. The van der Waals surface area contributed by atoms with Gasteiger partial charge in [0.05, 0.1) is 21.7 Å². The highest BCUT2D eigenvalue weighted by molar-refractivity contribution is 8.23. The molecule has 3 rings (SSSR count). The van der Waals surface area contributed by atoms with Crippen LogP contribution < -0.4 is 10.6 Å². The number of anilines is 2. The number of fused-ring (bicyclic) bond motifs is 1. The number of amides is 2. The Morgan fingerprint density at radius 3 is 2.53 bits per heavy atom. The van der Waals surface area contributed by atoms with Gasteiger partial charge >= 0.3 is 0 Å². The molecule has 1 heterocycles. The van der Waals surface area contributed by atoms with Crippen molar-refractivity contribution in [2.24, 2.45) is 0 Å². The van der Waals surface area contributed by atoms with Gasteiger partial charge in [0.1, 0.15) is 4.32 Å². The van der Waals surface area contributed by atoms with Crippen LogP contribution in [0.2, 0.25) is 0 Å². The van der Waals surface area contributed by atoms with Crippen molar-refractivity contribution in [3.05, 3.63) is 47.5 Å². The van der Waals surface area contributed by atoms with Gasteiger partial charge in [-0.2, -0.15) is 0 Å². The zero-order valence-electron chi connectivity index (χ0n) is 19.6. The summed E-state index contributed by atoms with van der Waals surface area (Å²) in [4.78, 5) is 31.4. The molecule has 0 aliphatic rings. The lowest BCUT2D eigenvalue weighted by Crippen LogP contribution is -2.28. The molecule has 1 aromatic heterocycles. The second-order valence-corrected chi connectivity index (χ2v) is 11.4. The zero-order chi connectivity index (χ0) is 24.7. The van der Waals surface area contributed by atoms with Gasteiger partial charge in [-0.3, -0.25) is 9.59 Å². The number of carbonyl (C=O) groups excluding carboxylic acids is 2. The first kappa shape index (κ1) is 26.5. The largest absolute Gasteiger partial charge is 0.358 e. The molecule has 10 heteroatoms. The number of aryl methyl sites for hydroxylation is 1. The molecule has 0 fully saturated rings. The third-order valence-electron chi connectivity index (χ3n) is 5.21. The molecule has 0 saturated carbocycles. The van der Waals surface area contributed by atoms with Crippen LogP contribution >= 0.6 is 47.1 Å². The number of benzene rings is 2. The number of hydrogen-bond donors (Lipinski definition) is 2. The van der Waals surface area contributed by atoms with Gasteiger partial charge in [0.2, 0.25) is 11.8 Å². The maximum atomic E-state index is 12.4. The summed E-state index contributed by atoms with van der Waals surface area (Å²) >= 11 is 9.68. The number of aromatic nitrogens is 1. The van der Waals surface area contributed by atoms with E-state index in [1.807, 2.05) is 64.1 Å². The van der Waals surface area contributed by atoms with Gasteiger partial charge in [0, 0.05) is 24.5 Å². The summed E-state index contributed by atoms with van der Waals surface area (Å²) in [6.07, 6.45) is 0. The van der Waals surface area contributed by atoms with Crippen LogP contribution in [0.25, 0.3) is 10.2 Å². The van der Waals surface area contributed by atoms with Gasteiger partial charge in [-0.25, -0.2) is 4.98 Å². The van der Waals surface area contributed by atoms with Gasteiger partial charge in [0.15, 0.2) is 4.34 Å². The Morgan fingerprint density at radius 2 is 1.79 bits per heavy atom. The topological polar surface area (TPSA) is 74.3 Å². The van der Waals surface area contributed by atoms with Crippen LogP contribution in [-0.4, -0.2) is 50.6 Å². The summed E-state index contributed by atoms with van der Waals surface area (Å²) in [5.41, 5.74) is 4.62. The molecule has 0 aliphatic carbocycles. The SMILES string of the molecule is CCN(CC)C(=S)SCC(=O)Nc1ccc2nc(SCC(=O)Nc3cccc(C)c3C)sc2c1. The number of nitrogens with one attached hydrogen (secondary N) is 2. The number of nitrogens with zero attached hydrogens (tertiary/aromatic N) is 2. The fraction of sp³-hybridized carbons (Fsp3) is 0.333. The molecule has 0 bridgehead atoms. The van der Waals surface area contributed by atoms with E-state index in [-0.39, 0.29) is 23.3 Å². The van der Waals surface area contributed by atoms with E-state index in [4.69, 9.17) is 12.2 Å². The molecule has 3 aromatic rings. The fourth-order valence-corrected chi connectivity index (χ4v) is 6.25. The van der Waals surface area contributed by atoms with E-state index in [1.54, 1.807) is 0 Å². The Kier molecular flexibility index (Phi) is 9.75. The minimum Gasteiger partial charge on any atom is -0.358 e. The summed E-state index contributed by atoms with van der Waals surface area (Å²) in [7, 11) is 0. The maximum Gasteiger partial charge on any atom is 0.234 e. The molecular weight excluding hydrogens is 505 g/mol. The molecule has 0 radical (unpaired) electrons. The van der Waals surface area contributed by atoms with E-state index in [2.05, 4.69) is 20.5 Å². The second-order valence-electron chi connectivity index (χ2n) is 7.52.